The molecule has 3 rings (SSSR count). The van der Waals surface area contributed by atoms with Gasteiger partial charge in [0.25, 0.3) is 0 Å². The molecule has 0 spiro atoms. The number of thioether (sulfide) groups is 1. The molecule has 2 aromatic rings. The van der Waals surface area contributed by atoms with Crippen molar-refractivity contribution in [1.82, 2.24) is 20.5 Å². The van der Waals surface area contributed by atoms with Crippen molar-refractivity contribution in [3.8, 4) is 0 Å². The predicted molar refractivity (Wildman–Crippen MR) is 136 cm³/mol. The number of aliphatic hydroxyl groups is 1. The van der Waals surface area contributed by atoms with E-state index in [9.17, 15) is 29.4 Å². The first kappa shape index (κ1) is 27.5. The first-order valence-electron chi connectivity index (χ1n) is 11.8. The van der Waals surface area contributed by atoms with E-state index in [-0.39, 0.29) is 12.8 Å². The molecular weight excluding hydrogens is 486 g/mol. The molecule has 1 aromatic carbocycles. The van der Waals surface area contributed by atoms with Gasteiger partial charge in [0, 0.05) is 30.1 Å². The minimum atomic E-state index is -1.20. The minimum Gasteiger partial charge on any atom is -0.480 e. The fraction of sp³-hybridized carbons (Fsp3) is 0.500. The largest absolute Gasteiger partial charge is 0.480 e. The fourth-order valence-corrected chi connectivity index (χ4v) is 4.82. The molecule has 7 N–H and O–H groups in total. The lowest BCUT2D eigenvalue weighted by Gasteiger charge is -2.30. The van der Waals surface area contributed by atoms with E-state index in [1.807, 2.05) is 30.5 Å². The van der Waals surface area contributed by atoms with Crippen LogP contribution in [0, 0.1) is 0 Å². The van der Waals surface area contributed by atoms with Gasteiger partial charge >= 0.3 is 5.97 Å². The number of para-hydroxylation sites is 1. The summed E-state index contributed by atoms with van der Waals surface area (Å²) in [6.45, 7) is -0.285. The summed E-state index contributed by atoms with van der Waals surface area (Å²) in [6.07, 6.45) is 4.97. The zero-order chi connectivity index (χ0) is 26.2. The molecule has 1 fully saturated rings. The molecule has 1 saturated heterocycles. The van der Waals surface area contributed by atoms with Gasteiger partial charge in [0.1, 0.15) is 24.2 Å². The van der Waals surface area contributed by atoms with Crippen LogP contribution >= 0.6 is 11.8 Å². The second kappa shape index (κ2) is 12.7. The highest BCUT2D eigenvalue weighted by molar-refractivity contribution is 7.98. The topological polar surface area (TPSA) is 178 Å². The van der Waals surface area contributed by atoms with Crippen molar-refractivity contribution in [1.29, 1.82) is 0 Å². The second-order valence-corrected chi connectivity index (χ2v) is 9.77. The molecule has 12 heteroatoms. The smallest absolute Gasteiger partial charge is 0.326 e. The summed E-state index contributed by atoms with van der Waals surface area (Å²) in [6, 6.07) is 3.42. The lowest BCUT2D eigenvalue weighted by Crippen LogP contribution is -2.57. The standard InChI is InChI=1S/C24H33N5O6S/c1-36-10-8-18(24(34)35)27-22(32)20-7-4-9-29(20)23(33)19(28-21(31)16(25)13-30)11-14-12-26-17-6-3-2-5-15(14)17/h2-3,5-6,12,16,18-20,26,30H,4,7-11,13,25H2,1H3,(H,27,32)(H,28,31)(H,34,35). The molecule has 3 amide bonds. The van der Waals surface area contributed by atoms with Crippen molar-refractivity contribution in [2.24, 2.45) is 5.73 Å². The van der Waals surface area contributed by atoms with Crippen molar-refractivity contribution in [2.75, 3.05) is 25.2 Å². The number of hydrogen-bond acceptors (Lipinski definition) is 7. The highest BCUT2D eigenvalue weighted by atomic mass is 32.2. The summed E-state index contributed by atoms with van der Waals surface area (Å²) in [5.74, 6) is -2.24. The molecule has 4 unspecified atom stereocenters. The quantitative estimate of drug-likeness (QED) is 0.224. The summed E-state index contributed by atoms with van der Waals surface area (Å²) in [4.78, 5) is 55.3. The first-order chi connectivity index (χ1) is 17.3. The van der Waals surface area contributed by atoms with Crippen LogP contribution in [0.3, 0.4) is 0 Å². The Bertz CT molecular complexity index is 1090. The normalized spacial score (nSPS) is 18.0. The molecule has 0 radical (unpaired) electrons. The molecule has 11 nitrogen and oxygen atoms in total. The Balaban J connectivity index is 1.81. The van der Waals surface area contributed by atoms with Gasteiger partial charge in [-0.1, -0.05) is 18.2 Å². The number of amides is 3. The first-order valence-corrected chi connectivity index (χ1v) is 13.2. The van der Waals surface area contributed by atoms with Gasteiger partial charge < -0.3 is 36.5 Å². The summed E-state index contributed by atoms with van der Waals surface area (Å²) in [5.41, 5.74) is 7.34. The number of fused-ring (bicyclic) bond motifs is 1. The van der Waals surface area contributed by atoms with E-state index >= 15 is 0 Å². The lowest BCUT2D eigenvalue weighted by molar-refractivity contribution is -0.145. The molecule has 0 aliphatic carbocycles. The Hall–Kier alpha value is -3.09. The van der Waals surface area contributed by atoms with E-state index in [2.05, 4.69) is 15.6 Å². The number of nitrogens with one attached hydrogen (secondary N) is 3. The number of aromatic nitrogens is 1. The van der Waals surface area contributed by atoms with Crippen LogP contribution in [0.2, 0.25) is 0 Å². The van der Waals surface area contributed by atoms with Gasteiger partial charge in [-0.15, -0.1) is 0 Å². The number of likely N-dealkylation sites (tertiary alicyclic amines) is 1. The average molecular weight is 520 g/mol. The Morgan fingerprint density at radius 3 is 2.67 bits per heavy atom. The summed E-state index contributed by atoms with van der Waals surface area (Å²) in [7, 11) is 0. The molecule has 36 heavy (non-hydrogen) atoms. The van der Waals surface area contributed by atoms with Crippen molar-refractivity contribution in [3.63, 3.8) is 0 Å². The van der Waals surface area contributed by atoms with Crippen LogP contribution in [0.4, 0.5) is 0 Å². The highest BCUT2D eigenvalue weighted by Crippen LogP contribution is 2.23. The summed E-state index contributed by atoms with van der Waals surface area (Å²) >= 11 is 1.48. The van der Waals surface area contributed by atoms with Crippen molar-refractivity contribution in [2.45, 2.75) is 49.9 Å². The maximum Gasteiger partial charge on any atom is 0.326 e. The summed E-state index contributed by atoms with van der Waals surface area (Å²) < 4.78 is 0. The number of benzene rings is 1. The third-order valence-electron chi connectivity index (χ3n) is 6.31. The van der Waals surface area contributed by atoms with E-state index in [1.165, 1.54) is 16.7 Å². The lowest BCUT2D eigenvalue weighted by atomic mass is 10.0. The van der Waals surface area contributed by atoms with Gasteiger partial charge in [-0.05, 0) is 42.9 Å². The number of H-pyrrole nitrogens is 1. The third kappa shape index (κ3) is 6.56. The van der Waals surface area contributed by atoms with Crippen LogP contribution in [-0.4, -0.2) is 93.1 Å². The van der Waals surface area contributed by atoms with Crippen LogP contribution in [0.25, 0.3) is 10.9 Å². The zero-order valence-corrected chi connectivity index (χ0v) is 20.9. The van der Waals surface area contributed by atoms with Crippen LogP contribution in [0.15, 0.2) is 30.5 Å². The number of carbonyl (C=O) groups is 4. The Labute approximate surface area is 213 Å². The van der Waals surface area contributed by atoms with Gasteiger partial charge in [0.15, 0.2) is 0 Å². The highest BCUT2D eigenvalue weighted by Gasteiger charge is 2.39. The number of nitrogens with zero attached hydrogens (tertiary/aromatic N) is 1. The number of carbonyl (C=O) groups excluding carboxylic acids is 3. The minimum absolute atomic E-state index is 0.142. The van der Waals surface area contributed by atoms with Gasteiger partial charge in [-0.3, -0.25) is 14.4 Å². The fourth-order valence-electron chi connectivity index (χ4n) is 4.35. The number of aromatic amines is 1. The van der Waals surface area contributed by atoms with Crippen molar-refractivity contribution in [3.05, 3.63) is 36.0 Å². The number of rotatable bonds is 12. The Kier molecular flexibility index (Phi) is 9.73. The average Bonchev–Trinajstić information content (AvgIpc) is 3.52. The maximum atomic E-state index is 13.7. The number of aliphatic carboxylic acids is 1. The van der Waals surface area contributed by atoms with Gasteiger partial charge in [0.2, 0.25) is 17.7 Å². The van der Waals surface area contributed by atoms with E-state index in [1.54, 1.807) is 6.20 Å². The Morgan fingerprint density at radius 2 is 1.97 bits per heavy atom. The van der Waals surface area contributed by atoms with Gasteiger partial charge in [-0.25, -0.2) is 4.79 Å². The zero-order valence-electron chi connectivity index (χ0n) is 20.1. The van der Waals surface area contributed by atoms with Crippen LogP contribution in [0.5, 0.6) is 0 Å². The SMILES string of the molecule is CSCCC(NC(=O)C1CCCN1C(=O)C(Cc1c[nH]c2ccccc12)NC(=O)C(N)CO)C(=O)O. The van der Waals surface area contributed by atoms with E-state index in [4.69, 9.17) is 5.73 Å². The maximum absolute atomic E-state index is 13.7. The molecule has 196 valence electrons. The van der Waals surface area contributed by atoms with Gasteiger partial charge in [-0.2, -0.15) is 11.8 Å². The number of aliphatic hydroxyl groups excluding tert-OH is 1. The molecule has 2 heterocycles. The number of carboxylic acid groups (broad SMARTS) is 1. The molecular formula is C24H33N5O6S. The van der Waals surface area contributed by atoms with Crippen LogP contribution < -0.4 is 16.4 Å². The number of nitrogens with two attached hydrogens (primary N) is 1. The van der Waals surface area contributed by atoms with E-state index < -0.39 is 54.5 Å². The second-order valence-electron chi connectivity index (χ2n) is 8.78. The molecule has 0 saturated carbocycles. The molecule has 1 aliphatic rings. The van der Waals surface area contributed by atoms with E-state index in [0.717, 1.165) is 16.5 Å². The van der Waals surface area contributed by atoms with E-state index in [0.29, 0.717) is 25.1 Å². The van der Waals surface area contributed by atoms with Crippen LogP contribution in [0.1, 0.15) is 24.8 Å². The molecule has 1 aromatic heterocycles. The van der Waals surface area contributed by atoms with Crippen molar-refractivity contribution >= 4 is 46.4 Å². The molecule has 0 bridgehead atoms. The number of carboxylic acids is 1. The summed E-state index contributed by atoms with van der Waals surface area (Å²) in [5, 5.41) is 24.8. The number of hydrogen-bond donors (Lipinski definition) is 6. The predicted octanol–water partition coefficient (Wildman–Crippen LogP) is -0.172. The van der Waals surface area contributed by atoms with Gasteiger partial charge in [0.05, 0.1) is 6.61 Å². The monoisotopic (exact) mass is 519 g/mol. The van der Waals surface area contributed by atoms with Crippen molar-refractivity contribution < 1.29 is 29.4 Å². The molecule has 1 aliphatic heterocycles. The van der Waals surface area contributed by atoms with Crippen LogP contribution in [-0.2, 0) is 25.6 Å². The molecule has 4 atom stereocenters. The third-order valence-corrected chi connectivity index (χ3v) is 6.95. The Morgan fingerprint density at radius 1 is 1.22 bits per heavy atom.